The summed E-state index contributed by atoms with van der Waals surface area (Å²) >= 11 is 1.24. The molecule has 13 heteroatoms. The van der Waals surface area contributed by atoms with Crippen LogP contribution in [-0.4, -0.2) is 46.4 Å². The van der Waals surface area contributed by atoms with E-state index < -0.39 is 33.0 Å². The van der Waals surface area contributed by atoms with E-state index in [4.69, 9.17) is 0 Å². The number of hydrogen-bond donors (Lipinski definition) is 0. The lowest BCUT2D eigenvalue weighted by Gasteiger charge is -2.44. The van der Waals surface area contributed by atoms with Crippen LogP contribution in [0, 0.1) is 11.2 Å². The van der Waals surface area contributed by atoms with Crippen LogP contribution in [0.25, 0.3) is 11.8 Å². The molecule has 1 aliphatic heterocycles. The largest absolute Gasteiger partial charge is 0.416 e. The predicted octanol–water partition coefficient (Wildman–Crippen LogP) is 5.39. The van der Waals surface area contributed by atoms with Gasteiger partial charge in [0.15, 0.2) is 5.78 Å². The molecule has 2 aromatic carbocycles. The molecule has 1 unspecified atom stereocenters. The lowest BCUT2D eigenvalue weighted by Crippen LogP contribution is -2.53. The number of alkyl halides is 3. The highest BCUT2D eigenvalue weighted by Crippen LogP contribution is 2.47. The number of rotatable bonds is 5. The quantitative estimate of drug-likeness (QED) is 0.231. The number of piperidine rings is 1. The molecule has 1 atom stereocenters. The smallest absolute Gasteiger partial charge is 0.291 e. The second-order valence-corrected chi connectivity index (χ2v) is 12.3. The van der Waals surface area contributed by atoms with Crippen molar-refractivity contribution in [2.75, 3.05) is 13.1 Å². The zero-order chi connectivity index (χ0) is 28.3. The molecule has 0 bridgehead atoms. The van der Waals surface area contributed by atoms with E-state index in [1.54, 1.807) is 28.4 Å². The Bertz CT molecular complexity index is 1730. The number of nitrogens with zero attached hydrogens (tertiary/aromatic N) is 4. The molecule has 0 N–H and O–H groups in total. The SMILES string of the molecule is O=C(c1cscn1)C12Cc3cnn(-c4ccc(F)cc4)c3C=C1CCN(S(=O)(=O)c1ccc(C(F)(F)F)cc1)C2. The van der Waals surface area contributed by atoms with E-state index in [0.29, 0.717) is 22.5 Å². The maximum absolute atomic E-state index is 14.0. The van der Waals surface area contributed by atoms with Gasteiger partial charge in [0, 0.05) is 18.5 Å². The van der Waals surface area contributed by atoms with Crippen LogP contribution in [0.3, 0.4) is 0 Å². The number of aromatic nitrogens is 3. The van der Waals surface area contributed by atoms with E-state index in [1.807, 2.05) is 6.08 Å². The third-order valence-electron chi connectivity index (χ3n) is 7.37. The zero-order valence-electron chi connectivity index (χ0n) is 20.6. The number of ketones is 1. The summed E-state index contributed by atoms with van der Waals surface area (Å²) in [6, 6.07) is 9.14. The van der Waals surface area contributed by atoms with Crippen LogP contribution in [0.4, 0.5) is 17.6 Å². The Kier molecular flexibility index (Phi) is 6.28. The highest BCUT2D eigenvalue weighted by molar-refractivity contribution is 7.89. The Morgan fingerprint density at radius 1 is 1.05 bits per heavy atom. The molecule has 0 radical (unpaired) electrons. The molecule has 7 nitrogen and oxygen atoms in total. The Morgan fingerprint density at radius 2 is 1.77 bits per heavy atom. The third-order valence-corrected chi connectivity index (χ3v) is 9.82. The molecule has 3 heterocycles. The Balaban J connectivity index is 1.40. The van der Waals surface area contributed by atoms with Crippen LogP contribution >= 0.6 is 11.3 Å². The summed E-state index contributed by atoms with van der Waals surface area (Å²) in [6.07, 6.45) is -0.809. The fraction of sp³-hybridized carbons (Fsp3) is 0.222. The number of hydrogen-bond acceptors (Lipinski definition) is 6. The first-order chi connectivity index (χ1) is 19.0. The van der Waals surface area contributed by atoms with Gasteiger partial charge in [-0.05, 0) is 73.0 Å². The molecule has 40 heavy (non-hydrogen) atoms. The number of benzene rings is 2. The van der Waals surface area contributed by atoms with Gasteiger partial charge in [-0.1, -0.05) is 5.57 Å². The maximum Gasteiger partial charge on any atom is 0.416 e. The Labute approximate surface area is 230 Å². The fourth-order valence-corrected chi connectivity index (χ4v) is 7.38. The normalized spacial score (nSPS) is 19.6. The average Bonchev–Trinajstić information content (AvgIpc) is 3.61. The summed E-state index contributed by atoms with van der Waals surface area (Å²) in [5, 5.41) is 6.06. The van der Waals surface area contributed by atoms with Crippen molar-refractivity contribution < 1.29 is 30.8 Å². The lowest BCUT2D eigenvalue weighted by atomic mass is 9.65. The average molecular weight is 589 g/mol. The molecule has 0 saturated carbocycles. The summed E-state index contributed by atoms with van der Waals surface area (Å²) in [6.45, 7) is -0.180. The molecule has 4 aromatic rings. The van der Waals surface area contributed by atoms with E-state index in [-0.39, 0.29) is 42.3 Å². The van der Waals surface area contributed by atoms with E-state index in [1.165, 1.54) is 29.0 Å². The number of carbonyl (C=O) groups is 1. The molecule has 1 saturated heterocycles. The minimum atomic E-state index is -4.60. The van der Waals surface area contributed by atoms with Crippen LogP contribution in [0.2, 0.25) is 0 Å². The number of halogens is 4. The van der Waals surface area contributed by atoms with Crippen LogP contribution in [0.1, 0.15) is 33.7 Å². The first-order valence-corrected chi connectivity index (χ1v) is 14.5. The van der Waals surface area contributed by atoms with E-state index in [9.17, 15) is 30.8 Å². The summed E-state index contributed by atoms with van der Waals surface area (Å²) in [7, 11) is -4.22. The maximum atomic E-state index is 14.0. The molecular formula is C27H20F4N4O3S2. The van der Waals surface area contributed by atoms with Crippen molar-refractivity contribution in [2.24, 2.45) is 5.41 Å². The molecule has 2 aliphatic rings. The standard InChI is InChI=1S/C27H20F4N4O3S2/c28-20-3-5-21(6-4-20)35-24-11-19-9-10-34(40(37,38)22-7-1-18(2-8-22)27(29,30)31)15-26(19,12-17(24)13-33-35)25(36)23-14-39-16-32-23/h1-8,11,13-14,16H,9-10,12,15H2. The summed E-state index contributed by atoms with van der Waals surface area (Å²) in [4.78, 5) is 17.9. The van der Waals surface area contributed by atoms with Gasteiger partial charge in [-0.2, -0.15) is 22.6 Å². The minimum Gasteiger partial charge on any atom is -0.291 e. The van der Waals surface area contributed by atoms with E-state index >= 15 is 0 Å². The number of thiazole rings is 1. The topological polar surface area (TPSA) is 85.2 Å². The van der Waals surface area contributed by atoms with E-state index in [0.717, 1.165) is 28.6 Å². The van der Waals surface area contributed by atoms with Crippen molar-refractivity contribution in [1.29, 1.82) is 0 Å². The van der Waals surface area contributed by atoms with Gasteiger partial charge in [-0.3, -0.25) is 4.79 Å². The molecule has 6 rings (SSSR count). The van der Waals surface area contributed by atoms with Crippen molar-refractivity contribution in [3.05, 3.63) is 99.5 Å². The number of sulfonamides is 1. The second kappa shape index (κ2) is 9.46. The Morgan fingerprint density at radius 3 is 2.42 bits per heavy atom. The van der Waals surface area contributed by atoms with Crippen molar-refractivity contribution in [2.45, 2.75) is 23.9 Å². The van der Waals surface area contributed by atoms with Gasteiger partial charge in [0.25, 0.3) is 0 Å². The highest BCUT2D eigenvalue weighted by atomic mass is 32.2. The molecular weight excluding hydrogens is 568 g/mol. The predicted molar refractivity (Wildman–Crippen MR) is 139 cm³/mol. The molecule has 0 spiro atoms. The Hall–Kier alpha value is -3.68. The first kappa shape index (κ1) is 26.5. The lowest BCUT2D eigenvalue weighted by molar-refractivity contribution is -0.137. The van der Waals surface area contributed by atoms with Crippen LogP contribution in [0.15, 0.2) is 76.1 Å². The van der Waals surface area contributed by atoms with Crippen molar-refractivity contribution in [1.82, 2.24) is 19.1 Å². The van der Waals surface area contributed by atoms with Gasteiger partial charge in [-0.15, -0.1) is 11.3 Å². The van der Waals surface area contributed by atoms with Crippen molar-refractivity contribution in [3.8, 4) is 5.69 Å². The van der Waals surface area contributed by atoms with E-state index in [2.05, 4.69) is 10.1 Å². The van der Waals surface area contributed by atoms with Gasteiger partial charge in [0.1, 0.15) is 11.5 Å². The third kappa shape index (κ3) is 4.38. The molecule has 206 valence electrons. The summed E-state index contributed by atoms with van der Waals surface area (Å²) < 4.78 is 82.6. The van der Waals surface area contributed by atoms with Crippen LogP contribution in [-0.2, 0) is 22.6 Å². The van der Waals surface area contributed by atoms with Crippen molar-refractivity contribution in [3.63, 3.8) is 0 Å². The number of fused-ring (bicyclic) bond motifs is 2. The van der Waals surface area contributed by atoms with Gasteiger partial charge in [-0.25, -0.2) is 22.5 Å². The molecule has 1 fully saturated rings. The van der Waals surface area contributed by atoms with Gasteiger partial charge >= 0.3 is 6.18 Å². The van der Waals surface area contributed by atoms with Crippen LogP contribution in [0.5, 0.6) is 0 Å². The monoisotopic (exact) mass is 588 g/mol. The fourth-order valence-electron chi connectivity index (χ4n) is 5.34. The first-order valence-electron chi connectivity index (χ1n) is 12.1. The van der Waals surface area contributed by atoms with Crippen molar-refractivity contribution >= 4 is 33.2 Å². The minimum absolute atomic E-state index is 0.0291. The molecule has 0 amide bonds. The van der Waals surface area contributed by atoms with Gasteiger partial charge < -0.3 is 0 Å². The molecule has 2 aromatic heterocycles. The zero-order valence-corrected chi connectivity index (χ0v) is 22.2. The van der Waals surface area contributed by atoms with Gasteiger partial charge in [0.05, 0.1) is 39.0 Å². The summed E-state index contributed by atoms with van der Waals surface area (Å²) in [5.74, 6) is -0.731. The number of carbonyl (C=O) groups excluding carboxylic acids is 1. The molecule has 1 aliphatic carbocycles. The number of Topliss-reactive ketones (excluding diaryl/α,β-unsaturated/α-hetero) is 1. The summed E-state index contributed by atoms with van der Waals surface area (Å²) in [5.41, 5.74) is 2.24. The second-order valence-electron chi connectivity index (χ2n) is 9.69. The van der Waals surface area contributed by atoms with Gasteiger partial charge in [0.2, 0.25) is 10.0 Å². The van der Waals surface area contributed by atoms with Crippen LogP contribution < -0.4 is 0 Å². The highest BCUT2D eigenvalue weighted by Gasteiger charge is 2.51.